The van der Waals surface area contributed by atoms with Gasteiger partial charge in [0.25, 0.3) is 0 Å². The lowest BCUT2D eigenvalue weighted by atomic mass is 10.1. The van der Waals surface area contributed by atoms with Crippen LogP contribution in [0.4, 0.5) is 0 Å². The quantitative estimate of drug-likeness (QED) is 0.614. The van der Waals surface area contributed by atoms with E-state index in [0.29, 0.717) is 6.42 Å². The van der Waals surface area contributed by atoms with Gasteiger partial charge >= 0.3 is 5.97 Å². The Labute approximate surface area is 139 Å². The van der Waals surface area contributed by atoms with Crippen molar-refractivity contribution in [2.24, 2.45) is 0 Å². The Bertz CT molecular complexity index is 520. The highest BCUT2D eigenvalue weighted by Crippen LogP contribution is 2.39. The van der Waals surface area contributed by atoms with E-state index in [-0.39, 0.29) is 0 Å². The number of hydrogen-bond donors (Lipinski definition) is 1. The van der Waals surface area contributed by atoms with E-state index in [2.05, 4.69) is 17.1 Å². The van der Waals surface area contributed by atoms with Crippen LogP contribution < -0.4 is 0 Å². The van der Waals surface area contributed by atoms with Crippen molar-refractivity contribution in [3.05, 3.63) is 42.6 Å². The normalized spacial score (nSPS) is 17.0. The smallest absolute Gasteiger partial charge is 0.303 e. The predicted octanol–water partition coefficient (Wildman–Crippen LogP) is 5.02. The molecule has 0 unspecified atom stereocenters. The first-order chi connectivity index (χ1) is 10.8. The summed E-state index contributed by atoms with van der Waals surface area (Å²) in [6.07, 6.45) is 6.57. The first-order valence-electron chi connectivity index (χ1n) is 7.55. The van der Waals surface area contributed by atoms with Gasteiger partial charge in [0.15, 0.2) is 0 Å². The van der Waals surface area contributed by atoms with Crippen molar-refractivity contribution in [1.29, 1.82) is 0 Å². The summed E-state index contributed by atoms with van der Waals surface area (Å²) >= 11 is 0. The van der Waals surface area contributed by atoms with E-state index in [1.807, 2.05) is 52.1 Å². The van der Waals surface area contributed by atoms with Gasteiger partial charge < -0.3 is 5.11 Å². The number of fused-ring (bicyclic) bond motifs is 1. The minimum absolute atomic E-state index is 0.338. The lowest BCUT2D eigenvalue weighted by Crippen LogP contribution is -1.99. The van der Waals surface area contributed by atoms with Crippen molar-refractivity contribution in [2.45, 2.75) is 37.4 Å². The van der Waals surface area contributed by atoms with Crippen molar-refractivity contribution in [1.82, 2.24) is 4.98 Å². The summed E-state index contributed by atoms with van der Waals surface area (Å²) in [5, 5.41) is 10.4. The number of aliphatic carboxylic acids is 1. The van der Waals surface area contributed by atoms with Gasteiger partial charge in [-0.15, -0.1) is 0 Å². The summed E-state index contributed by atoms with van der Waals surface area (Å²) in [5.74, 6) is 0.609. The van der Waals surface area contributed by atoms with Gasteiger partial charge in [0.1, 0.15) is 0 Å². The van der Waals surface area contributed by atoms with E-state index < -0.39 is 5.97 Å². The standard InChI is InChI=1S/C9H7N.C8H14O2S2/c1-2-6-9-8(4-1)5-3-7-10-9;9-8(10)4-2-1-3-7-5-6-11-12-7/h1-7H;7H,1-6H2,(H,9,10)/t;7-/m.1/s1. The zero-order valence-electron chi connectivity index (χ0n) is 12.5. The van der Waals surface area contributed by atoms with Gasteiger partial charge in [-0.2, -0.15) is 0 Å². The highest BCUT2D eigenvalue weighted by atomic mass is 33.1. The molecule has 1 aromatic heterocycles. The van der Waals surface area contributed by atoms with Gasteiger partial charge in [0.2, 0.25) is 0 Å². The number of carbonyl (C=O) groups is 1. The first kappa shape index (κ1) is 17.2. The van der Waals surface area contributed by atoms with Crippen LogP contribution in [0.25, 0.3) is 10.9 Å². The van der Waals surface area contributed by atoms with Gasteiger partial charge in [0.05, 0.1) is 5.52 Å². The summed E-state index contributed by atoms with van der Waals surface area (Å²) in [7, 11) is 3.92. The summed E-state index contributed by atoms with van der Waals surface area (Å²) in [5.41, 5.74) is 1.06. The number of pyridine rings is 1. The Morgan fingerprint density at radius 3 is 2.77 bits per heavy atom. The first-order valence-corrected chi connectivity index (χ1v) is 9.94. The summed E-state index contributed by atoms with van der Waals surface area (Å²) in [4.78, 5) is 14.4. The highest BCUT2D eigenvalue weighted by molar-refractivity contribution is 8.77. The van der Waals surface area contributed by atoms with Crippen molar-refractivity contribution < 1.29 is 9.90 Å². The number of rotatable bonds is 5. The third kappa shape index (κ3) is 6.28. The molecule has 0 bridgehead atoms. The zero-order valence-corrected chi connectivity index (χ0v) is 14.1. The van der Waals surface area contributed by atoms with Crippen molar-refractivity contribution >= 4 is 38.5 Å². The minimum atomic E-state index is -0.663. The predicted molar refractivity (Wildman–Crippen MR) is 96.3 cm³/mol. The lowest BCUT2D eigenvalue weighted by Gasteiger charge is -2.04. The fourth-order valence-electron chi connectivity index (χ4n) is 2.23. The van der Waals surface area contributed by atoms with E-state index in [0.717, 1.165) is 23.6 Å². The van der Waals surface area contributed by atoms with Gasteiger partial charge in [-0.1, -0.05) is 52.3 Å². The number of benzene rings is 1. The van der Waals surface area contributed by atoms with Gasteiger partial charge in [-0.25, -0.2) is 0 Å². The molecule has 0 spiro atoms. The maximum absolute atomic E-state index is 10.2. The van der Waals surface area contributed by atoms with Gasteiger partial charge in [-0.05, 0) is 31.4 Å². The van der Waals surface area contributed by atoms with Crippen LogP contribution in [0.5, 0.6) is 0 Å². The molecule has 1 aromatic carbocycles. The molecule has 22 heavy (non-hydrogen) atoms. The van der Waals surface area contributed by atoms with Crippen LogP contribution in [0.2, 0.25) is 0 Å². The van der Waals surface area contributed by atoms with Crippen LogP contribution in [0.3, 0.4) is 0 Å². The SMILES string of the molecule is O=C(O)CCCC[C@@H]1CCSS1.c1ccc2ncccc2c1. The highest BCUT2D eigenvalue weighted by Gasteiger charge is 2.15. The van der Waals surface area contributed by atoms with E-state index >= 15 is 0 Å². The molecule has 1 aliphatic heterocycles. The number of carboxylic acids is 1. The number of unbranched alkanes of at least 4 members (excludes halogenated alkanes) is 1. The second-order valence-electron chi connectivity index (χ2n) is 5.16. The van der Waals surface area contributed by atoms with Crippen LogP contribution >= 0.6 is 21.6 Å². The Morgan fingerprint density at radius 2 is 2.05 bits per heavy atom. The molecule has 1 fully saturated rings. The van der Waals surface area contributed by atoms with Crippen molar-refractivity contribution in [3.8, 4) is 0 Å². The van der Waals surface area contributed by atoms with Gasteiger partial charge in [-0.3, -0.25) is 9.78 Å². The number of carboxylic acid groups (broad SMARTS) is 1. The molecule has 1 saturated heterocycles. The summed E-state index contributed by atoms with van der Waals surface area (Å²) in [6, 6.07) is 12.1. The van der Waals surface area contributed by atoms with Gasteiger partial charge in [0, 0.05) is 29.0 Å². The molecule has 2 aromatic rings. The molecule has 118 valence electrons. The number of aromatic nitrogens is 1. The fourth-order valence-corrected chi connectivity index (χ4v) is 5.26. The van der Waals surface area contributed by atoms with Crippen LogP contribution in [-0.2, 0) is 4.79 Å². The largest absolute Gasteiger partial charge is 0.481 e. The summed E-state index contributed by atoms with van der Waals surface area (Å²) < 4.78 is 0. The molecule has 0 radical (unpaired) electrons. The topological polar surface area (TPSA) is 50.2 Å². The number of para-hydroxylation sites is 1. The van der Waals surface area contributed by atoms with Crippen LogP contribution in [-0.4, -0.2) is 27.1 Å². The average molecular weight is 335 g/mol. The maximum atomic E-state index is 10.2. The molecule has 1 aliphatic rings. The maximum Gasteiger partial charge on any atom is 0.303 e. The van der Waals surface area contributed by atoms with E-state index in [1.54, 1.807) is 0 Å². The zero-order chi connectivity index (χ0) is 15.6. The average Bonchev–Trinajstić information content (AvgIpc) is 3.06. The molecule has 3 rings (SSSR count). The molecular formula is C17H21NO2S2. The molecule has 3 nitrogen and oxygen atoms in total. The monoisotopic (exact) mass is 335 g/mol. The molecule has 0 saturated carbocycles. The Balaban J connectivity index is 0.000000162. The lowest BCUT2D eigenvalue weighted by molar-refractivity contribution is -0.137. The molecule has 0 aliphatic carbocycles. The van der Waals surface area contributed by atoms with Crippen LogP contribution in [0.1, 0.15) is 32.1 Å². The Morgan fingerprint density at radius 1 is 1.23 bits per heavy atom. The molecule has 0 amide bonds. The molecule has 2 heterocycles. The number of nitrogens with zero attached hydrogens (tertiary/aromatic N) is 1. The summed E-state index contributed by atoms with van der Waals surface area (Å²) in [6.45, 7) is 0. The minimum Gasteiger partial charge on any atom is -0.481 e. The van der Waals surface area contributed by atoms with E-state index in [4.69, 9.17) is 5.11 Å². The van der Waals surface area contributed by atoms with Crippen LogP contribution in [0, 0.1) is 0 Å². The molecule has 1 atom stereocenters. The van der Waals surface area contributed by atoms with E-state index in [9.17, 15) is 4.79 Å². The third-order valence-electron chi connectivity index (χ3n) is 3.41. The van der Waals surface area contributed by atoms with Crippen LogP contribution in [0.15, 0.2) is 42.6 Å². The second-order valence-corrected chi connectivity index (χ2v) is 7.95. The Kier molecular flexibility index (Phi) is 7.60. The molecule has 5 heteroatoms. The second kappa shape index (κ2) is 9.74. The van der Waals surface area contributed by atoms with Crippen molar-refractivity contribution in [3.63, 3.8) is 0 Å². The Hall–Kier alpha value is -1.20. The van der Waals surface area contributed by atoms with E-state index in [1.165, 1.54) is 24.0 Å². The van der Waals surface area contributed by atoms with Crippen molar-refractivity contribution in [2.75, 3.05) is 5.75 Å². The molecular weight excluding hydrogens is 314 g/mol. The third-order valence-corrected chi connectivity index (χ3v) is 6.41. The molecule has 1 N–H and O–H groups in total. The number of hydrogen-bond acceptors (Lipinski definition) is 4. The fraction of sp³-hybridized carbons (Fsp3) is 0.412.